The molecule has 1 rings (SSSR count). The van der Waals surface area contributed by atoms with E-state index in [0.29, 0.717) is 12.0 Å². The van der Waals surface area contributed by atoms with Gasteiger partial charge in [-0.1, -0.05) is 26.0 Å². The van der Waals surface area contributed by atoms with Crippen LogP contribution < -0.4 is 10.1 Å². The predicted molar refractivity (Wildman–Crippen MR) is 83.0 cm³/mol. The number of aliphatic hydroxyl groups excluding tert-OH is 1. The van der Waals surface area contributed by atoms with Crippen LogP contribution in [0, 0.1) is 5.92 Å². The van der Waals surface area contributed by atoms with Crippen molar-refractivity contribution in [1.82, 2.24) is 5.32 Å². The van der Waals surface area contributed by atoms with Gasteiger partial charge in [0.05, 0.1) is 7.11 Å². The van der Waals surface area contributed by atoms with E-state index in [1.807, 2.05) is 23.9 Å². The number of hydrogen-bond acceptors (Lipinski definition) is 4. The molecule has 108 valence electrons. The molecule has 0 aliphatic carbocycles. The number of rotatable bonds is 9. The molecule has 0 aliphatic rings. The van der Waals surface area contributed by atoms with Gasteiger partial charge in [0.2, 0.25) is 0 Å². The van der Waals surface area contributed by atoms with Gasteiger partial charge in [-0.25, -0.2) is 0 Å². The number of ether oxygens (including phenoxy) is 1. The molecule has 0 amide bonds. The van der Waals surface area contributed by atoms with Crippen LogP contribution in [-0.4, -0.2) is 36.9 Å². The third-order valence-electron chi connectivity index (χ3n) is 2.95. The molecular weight excluding hydrogens is 258 g/mol. The molecule has 4 heteroatoms. The van der Waals surface area contributed by atoms with Crippen LogP contribution in [0.2, 0.25) is 0 Å². The minimum absolute atomic E-state index is 0.262. The molecule has 0 aromatic heterocycles. The van der Waals surface area contributed by atoms with Crippen LogP contribution >= 0.6 is 11.8 Å². The number of hydrogen-bond donors (Lipinski definition) is 2. The van der Waals surface area contributed by atoms with Crippen molar-refractivity contribution in [3.05, 3.63) is 29.8 Å². The third kappa shape index (κ3) is 5.85. The quantitative estimate of drug-likeness (QED) is 0.731. The zero-order valence-corrected chi connectivity index (χ0v) is 12.9. The normalized spacial score (nSPS) is 14.1. The van der Waals surface area contributed by atoms with Gasteiger partial charge in [-0.3, -0.25) is 0 Å². The number of thioether (sulfide) groups is 1. The highest BCUT2D eigenvalue weighted by molar-refractivity contribution is 7.99. The molecule has 2 atom stereocenters. The minimum atomic E-state index is 0.262. The van der Waals surface area contributed by atoms with E-state index in [1.165, 1.54) is 5.56 Å². The summed E-state index contributed by atoms with van der Waals surface area (Å²) in [4.78, 5) is 0. The number of benzene rings is 1. The van der Waals surface area contributed by atoms with Crippen molar-refractivity contribution < 1.29 is 9.84 Å². The second kappa shape index (κ2) is 9.23. The molecule has 0 saturated heterocycles. The Morgan fingerprint density at radius 2 is 2.16 bits per heavy atom. The maximum Gasteiger partial charge on any atom is 0.119 e. The largest absolute Gasteiger partial charge is 0.497 e. The Labute approximate surface area is 120 Å². The average molecular weight is 283 g/mol. The van der Waals surface area contributed by atoms with Crippen molar-refractivity contribution in [1.29, 1.82) is 0 Å². The summed E-state index contributed by atoms with van der Waals surface area (Å²) in [5, 5.41) is 12.5. The summed E-state index contributed by atoms with van der Waals surface area (Å²) >= 11 is 1.88. The second-order valence-corrected chi connectivity index (χ2v) is 5.79. The van der Waals surface area contributed by atoms with E-state index in [4.69, 9.17) is 9.84 Å². The Morgan fingerprint density at radius 1 is 1.37 bits per heavy atom. The van der Waals surface area contributed by atoms with Crippen LogP contribution in [0.15, 0.2) is 24.3 Å². The first kappa shape index (κ1) is 16.3. The first-order valence-electron chi connectivity index (χ1n) is 6.77. The van der Waals surface area contributed by atoms with Gasteiger partial charge in [0.1, 0.15) is 5.75 Å². The maximum absolute atomic E-state index is 9.04. The molecule has 0 saturated carbocycles. The fraction of sp³-hybridized carbons (Fsp3) is 0.600. The van der Waals surface area contributed by atoms with Crippen molar-refractivity contribution >= 4 is 11.8 Å². The van der Waals surface area contributed by atoms with Gasteiger partial charge >= 0.3 is 0 Å². The van der Waals surface area contributed by atoms with E-state index < -0.39 is 0 Å². The van der Waals surface area contributed by atoms with Gasteiger partial charge in [-0.15, -0.1) is 0 Å². The summed E-state index contributed by atoms with van der Waals surface area (Å²) in [6.45, 7) is 5.39. The van der Waals surface area contributed by atoms with Crippen LogP contribution in [0.5, 0.6) is 5.75 Å². The van der Waals surface area contributed by atoms with E-state index in [-0.39, 0.29) is 6.61 Å². The predicted octanol–water partition coefficient (Wildman–Crippen LogP) is 2.71. The molecule has 0 fully saturated rings. The molecule has 0 heterocycles. The fourth-order valence-corrected chi connectivity index (χ4v) is 3.01. The van der Waals surface area contributed by atoms with Crippen molar-refractivity contribution in [2.45, 2.75) is 19.9 Å². The maximum atomic E-state index is 9.04. The molecular formula is C15H25NO2S. The monoisotopic (exact) mass is 283 g/mol. The molecule has 0 radical (unpaired) electrons. The number of nitrogens with one attached hydrogen (secondary N) is 1. The van der Waals surface area contributed by atoms with Gasteiger partial charge in [0.25, 0.3) is 0 Å². The topological polar surface area (TPSA) is 41.5 Å². The average Bonchev–Trinajstić information content (AvgIpc) is 2.46. The zero-order chi connectivity index (χ0) is 14.1. The summed E-state index contributed by atoms with van der Waals surface area (Å²) < 4.78 is 5.28. The molecule has 2 N–H and O–H groups in total. The molecule has 3 nitrogen and oxygen atoms in total. The smallest absolute Gasteiger partial charge is 0.119 e. The van der Waals surface area contributed by atoms with Gasteiger partial charge in [-0.2, -0.15) is 11.8 Å². The van der Waals surface area contributed by atoms with Gasteiger partial charge in [0, 0.05) is 18.4 Å². The Morgan fingerprint density at radius 3 is 2.79 bits per heavy atom. The van der Waals surface area contributed by atoms with E-state index in [9.17, 15) is 0 Å². The van der Waals surface area contributed by atoms with Gasteiger partial charge < -0.3 is 15.2 Å². The zero-order valence-electron chi connectivity index (χ0n) is 12.1. The summed E-state index contributed by atoms with van der Waals surface area (Å²) in [7, 11) is 1.69. The lowest BCUT2D eigenvalue weighted by Gasteiger charge is -2.19. The third-order valence-corrected chi connectivity index (χ3v) is 4.32. The highest BCUT2D eigenvalue weighted by Gasteiger charge is 2.12. The Bertz CT molecular complexity index is 360. The van der Waals surface area contributed by atoms with Crippen molar-refractivity contribution in [2.75, 3.05) is 31.8 Å². The number of aliphatic hydroxyl groups is 1. The van der Waals surface area contributed by atoms with Crippen LogP contribution in [0.1, 0.15) is 25.5 Å². The molecule has 1 aromatic rings. The highest BCUT2D eigenvalue weighted by Crippen LogP contribution is 2.23. The first-order chi connectivity index (χ1) is 9.21. The molecule has 19 heavy (non-hydrogen) atoms. The molecule has 1 aromatic carbocycles. The summed E-state index contributed by atoms with van der Waals surface area (Å²) in [5.41, 5.74) is 1.25. The van der Waals surface area contributed by atoms with E-state index in [1.54, 1.807) is 7.11 Å². The number of methoxy groups -OCH3 is 1. The summed E-state index contributed by atoms with van der Waals surface area (Å²) in [5.74, 6) is 3.25. The van der Waals surface area contributed by atoms with Crippen molar-refractivity contribution in [3.8, 4) is 5.75 Å². The van der Waals surface area contributed by atoms with E-state index in [2.05, 4.69) is 31.3 Å². The second-order valence-electron chi connectivity index (χ2n) is 4.71. The lowest BCUT2D eigenvalue weighted by Crippen LogP contribution is -2.23. The Balaban J connectivity index is 2.60. The van der Waals surface area contributed by atoms with Crippen LogP contribution in [0.4, 0.5) is 0 Å². The van der Waals surface area contributed by atoms with E-state index in [0.717, 1.165) is 23.8 Å². The van der Waals surface area contributed by atoms with E-state index >= 15 is 0 Å². The minimum Gasteiger partial charge on any atom is -0.497 e. The standard InChI is InChI=1S/C15H25NO2S/c1-4-16-15(11-19-10-12(2)9-17)13-6-5-7-14(8-13)18-3/h5-8,12,15-17H,4,9-11H2,1-3H3. The Hall–Kier alpha value is -0.710. The molecule has 0 aliphatic heterocycles. The Kier molecular flexibility index (Phi) is 7.94. The lowest BCUT2D eigenvalue weighted by molar-refractivity contribution is 0.250. The first-order valence-corrected chi connectivity index (χ1v) is 7.92. The molecule has 2 unspecified atom stereocenters. The van der Waals surface area contributed by atoms with Crippen LogP contribution in [-0.2, 0) is 0 Å². The lowest BCUT2D eigenvalue weighted by atomic mass is 10.1. The molecule has 0 bridgehead atoms. The van der Waals surface area contributed by atoms with Crippen molar-refractivity contribution in [3.63, 3.8) is 0 Å². The highest BCUT2D eigenvalue weighted by atomic mass is 32.2. The van der Waals surface area contributed by atoms with Gasteiger partial charge in [-0.05, 0) is 35.9 Å². The van der Waals surface area contributed by atoms with Crippen LogP contribution in [0.3, 0.4) is 0 Å². The fourth-order valence-electron chi connectivity index (χ4n) is 1.82. The van der Waals surface area contributed by atoms with Crippen LogP contribution in [0.25, 0.3) is 0 Å². The van der Waals surface area contributed by atoms with Crippen molar-refractivity contribution in [2.24, 2.45) is 5.92 Å². The van der Waals surface area contributed by atoms with Gasteiger partial charge in [0.15, 0.2) is 0 Å². The SMILES string of the molecule is CCNC(CSCC(C)CO)c1cccc(OC)c1. The molecule has 0 spiro atoms. The summed E-state index contributed by atoms with van der Waals surface area (Å²) in [6.07, 6.45) is 0. The summed E-state index contributed by atoms with van der Waals surface area (Å²) in [6, 6.07) is 8.54.